The lowest BCUT2D eigenvalue weighted by atomic mass is 10.1. The number of hydrogen-bond acceptors (Lipinski definition) is 4. The van der Waals surface area contributed by atoms with Crippen LogP contribution in [0.2, 0.25) is 5.02 Å². The standard InChI is InChI=1S/C21H23ClO4/c1-14(2)6-5-11-25-20(23)16-7-4-8-17(13-16)21(24)26-18-9-10-19(22)15(3)12-18/h4,7-10,12-14H,5-6,11H2,1-3H3. The van der Waals surface area contributed by atoms with Crippen molar-refractivity contribution >= 4 is 23.5 Å². The van der Waals surface area contributed by atoms with E-state index in [1.54, 1.807) is 36.4 Å². The van der Waals surface area contributed by atoms with Crippen LogP contribution in [-0.2, 0) is 4.74 Å². The van der Waals surface area contributed by atoms with Crippen molar-refractivity contribution in [2.24, 2.45) is 5.92 Å². The highest BCUT2D eigenvalue weighted by Gasteiger charge is 2.14. The lowest BCUT2D eigenvalue weighted by Crippen LogP contribution is -2.11. The molecule has 0 unspecified atom stereocenters. The first-order valence-corrected chi connectivity index (χ1v) is 9.00. The van der Waals surface area contributed by atoms with Gasteiger partial charge in [0.05, 0.1) is 17.7 Å². The van der Waals surface area contributed by atoms with Crippen LogP contribution < -0.4 is 4.74 Å². The van der Waals surface area contributed by atoms with Crippen LogP contribution in [-0.4, -0.2) is 18.5 Å². The van der Waals surface area contributed by atoms with Gasteiger partial charge in [0, 0.05) is 5.02 Å². The number of esters is 2. The summed E-state index contributed by atoms with van der Waals surface area (Å²) in [6.07, 6.45) is 1.82. The molecule has 2 aromatic carbocycles. The van der Waals surface area contributed by atoms with E-state index in [1.165, 1.54) is 6.07 Å². The third-order valence-electron chi connectivity index (χ3n) is 3.83. The van der Waals surface area contributed by atoms with Crippen molar-refractivity contribution in [2.45, 2.75) is 33.6 Å². The first-order valence-electron chi connectivity index (χ1n) is 8.62. The van der Waals surface area contributed by atoms with E-state index >= 15 is 0 Å². The van der Waals surface area contributed by atoms with Gasteiger partial charge in [-0.05, 0) is 67.6 Å². The molecule has 0 aliphatic carbocycles. The van der Waals surface area contributed by atoms with Crippen LogP contribution in [0.25, 0.3) is 0 Å². The number of hydrogen-bond donors (Lipinski definition) is 0. The summed E-state index contributed by atoms with van der Waals surface area (Å²) in [6, 6.07) is 11.3. The Morgan fingerprint density at radius 2 is 1.73 bits per heavy atom. The number of rotatable bonds is 7. The van der Waals surface area contributed by atoms with E-state index in [0.29, 0.717) is 28.9 Å². The second kappa shape index (κ2) is 9.39. The Hall–Kier alpha value is -2.33. The molecule has 0 heterocycles. The molecule has 4 nitrogen and oxygen atoms in total. The summed E-state index contributed by atoms with van der Waals surface area (Å²) in [5.41, 5.74) is 1.43. The second-order valence-electron chi connectivity index (χ2n) is 6.55. The molecule has 0 aliphatic heterocycles. The molecule has 0 atom stereocenters. The Morgan fingerprint density at radius 1 is 1.04 bits per heavy atom. The summed E-state index contributed by atoms with van der Waals surface area (Å²) >= 11 is 5.97. The molecular formula is C21H23ClO4. The maximum Gasteiger partial charge on any atom is 0.343 e. The fourth-order valence-corrected chi connectivity index (χ4v) is 2.48. The molecule has 0 amide bonds. The lowest BCUT2D eigenvalue weighted by molar-refractivity contribution is 0.0494. The van der Waals surface area contributed by atoms with Gasteiger partial charge >= 0.3 is 11.9 Å². The SMILES string of the molecule is Cc1cc(OC(=O)c2cccc(C(=O)OCCCC(C)C)c2)ccc1Cl. The maximum absolute atomic E-state index is 12.3. The number of carbonyl (C=O) groups is 2. The Morgan fingerprint density at radius 3 is 2.38 bits per heavy atom. The minimum Gasteiger partial charge on any atom is -0.462 e. The van der Waals surface area contributed by atoms with E-state index in [4.69, 9.17) is 21.1 Å². The normalized spacial score (nSPS) is 10.7. The van der Waals surface area contributed by atoms with Gasteiger partial charge in [-0.2, -0.15) is 0 Å². The second-order valence-corrected chi connectivity index (χ2v) is 6.96. The Balaban J connectivity index is 1.99. The van der Waals surface area contributed by atoms with Crippen LogP contribution in [0.15, 0.2) is 42.5 Å². The zero-order valence-corrected chi connectivity index (χ0v) is 16.0. The van der Waals surface area contributed by atoms with Crippen molar-refractivity contribution in [3.8, 4) is 5.75 Å². The molecular weight excluding hydrogens is 352 g/mol. The maximum atomic E-state index is 12.3. The van der Waals surface area contributed by atoms with E-state index in [2.05, 4.69) is 13.8 Å². The molecule has 26 heavy (non-hydrogen) atoms. The summed E-state index contributed by atoms with van der Waals surface area (Å²) in [4.78, 5) is 24.4. The van der Waals surface area contributed by atoms with Crippen molar-refractivity contribution in [3.63, 3.8) is 0 Å². The topological polar surface area (TPSA) is 52.6 Å². The number of benzene rings is 2. The zero-order chi connectivity index (χ0) is 19.1. The molecule has 0 aromatic heterocycles. The molecule has 0 N–H and O–H groups in total. The lowest BCUT2D eigenvalue weighted by Gasteiger charge is -2.08. The van der Waals surface area contributed by atoms with Gasteiger partial charge < -0.3 is 9.47 Å². The highest BCUT2D eigenvalue weighted by atomic mass is 35.5. The van der Waals surface area contributed by atoms with Crippen molar-refractivity contribution < 1.29 is 19.1 Å². The summed E-state index contributed by atoms with van der Waals surface area (Å²) in [5, 5.41) is 0.604. The van der Waals surface area contributed by atoms with E-state index in [9.17, 15) is 9.59 Å². The molecule has 0 radical (unpaired) electrons. The molecule has 0 spiro atoms. The van der Waals surface area contributed by atoms with Crippen molar-refractivity contribution in [2.75, 3.05) is 6.61 Å². The van der Waals surface area contributed by atoms with Crippen molar-refractivity contribution in [3.05, 3.63) is 64.2 Å². The molecule has 2 aromatic rings. The zero-order valence-electron chi connectivity index (χ0n) is 15.3. The van der Waals surface area contributed by atoms with Gasteiger partial charge in [0.25, 0.3) is 0 Å². The van der Waals surface area contributed by atoms with E-state index < -0.39 is 11.9 Å². The third-order valence-corrected chi connectivity index (χ3v) is 4.26. The Labute approximate surface area is 159 Å². The first-order chi connectivity index (χ1) is 12.4. The molecule has 0 fully saturated rings. The smallest absolute Gasteiger partial charge is 0.343 e. The van der Waals surface area contributed by atoms with Crippen LogP contribution >= 0.6 is 11.6 Å². The number of carbonyl (C=O) groups excluding carboxylic acids is 2. The molecule has 5 heteroatoms. The minimum absolute atomic E-state index is 0.286. The summed E-state index contributed by atoms with van der Waals surface area (Å²) in [7, 11) is 0. The van der Waals surface area contributed by atoms with E-state index in [1.807, 2.05) is 6.92 Å². The van der Waals surface area contributed by atoms with Crippen molar-refractivity contribution in [1.29, 1.82) is 0 Å². The van der Waals surface area contributed by atoms with Crippen LogP contribution in [0.4, 0.5) is 0 Å². The highest BCUT2D eigenvalue weighted by Crippen LogP contribution is 2.22. The molecule has 0 saturated carbocycles. The van der Waals surface area contributed by atoms with Gasteiger partial charge in [-0.25, -0.2) is 9.59 Å². The van der Waals surface area contributed by atoms with Crippen LogP contribution in [0.1, 0.15) is 53.0 Å². The minimum atomic E-state index is -0.541. The molecule has 138 valence electrons. The fraction of sp³-hybridized carbons (Fsp3) is 0.333. The fourth-order valence-electron chi connectivity index (χ4n) is 2.36. The third kappa shape index (κ3) is 5.88. The molecule has 0 bridgehead atoms. The van der Waals surface area contributed by atoms with Gasteiger partial charge in [0.15, 0.2) is 0 Å². The molecule has 0 aliphatic rings. The summed E-state index contributed by atoms with van der Waals surface area (Å²) in [5.74, 6) is -0.00575. The Kier molecular flexibility index (Phi) is 7.22. The van der Waals surface area contributed by atoms with Crippen LogP contribution in [0, 0.1) is 12.8 Å². The van der Waals surface area contributed by atoms with Gasteiger partial charge in [-0.3, -0.25) is 0 Å². The number of aryl methyl sites for hydroxylation is 1. The Bertz CT molecular complexity index is 783. The van der Waals surface area contributed by atoms with Gasteiger partial charge in [0.2, 0.25) is 0 Å². The monoisotopic (exact) mass is 374 g/mol. The first kappa shape index (κ1) is 20.0. The predicted octanol–water partition coefficient (Wildman–Crippen LogP) is 5.46. The average molecular weight is 375 g/mol. The van der Waals surface area contributed by atoms with Crippen LogP contribution in [0.3, 0.4) is 0 Å². The predicted molar refractivity (Wildman–Crippen MR) is 102 cm³/mol. The van der Waals surface area contributed by atoms with Crippen LogP contribution in [0.5, 0.6) is 5.75 Å². The van der Waals surface area contributed by atoms with Gasteiger partial charge in [-0.15, -0.1) is 0 Å². The number of ether oxygens (including phenoxy) is 2. The molecule has 2 rings (SSSR count). The van der Waals surface area contributed by atoms with Gasteiger partial charge in [0.1, 0.15) is 5.75 Å². The van der Waals surface area contributed by atoms with E-state index in [0.717, 1.165) is 18.4 Å². The van der Waals surface area contributed by atoms with E-state index in [-0.39, 0.29) is 5.56 Å². The highest BCUT2D eigenvalue weighted by molar-refractivity contribution is 6.31. The average Bonchev–Trinajstić information content (AvgIpc) is 2.61. The van der Waals surface area contributed by atoms with Gasteiger partial charge in [-0.1, -0.05) is 31.5 Å². The summed E-state index contributed by atoms with van der Waals surface area (Å²) in [6.45, 7) is 6.45. The van der Waals surface area contributed by atoms with Crippen molar-refractivity contribution in [1.82, 2.24) is 0 Å². The number of halogens is 1. The largest absolute Gasteiger partial charge is 0.462 e. The quantitative estimate of drug-likeness (QED) is 0.367. The molecule has 0 saturated heterocycles. The summed E-state index contributed by atoms with van der Waals surface area (Å²) < 4.78 is 10.6.